The summed E-state index contributed by atoms with van der Waals surface area (Å²) in [6.45, 7) is 0. The molecule has 7 nitrogen and oxygen atoms in total. The molecule has 0 unspecified atom stereocenters. The number of carbonyl (C=O) groups excluding carboxylic acids is 1. The van der Waals surface area contributed by atoms with Crippen LogP contribution in [0.15, 0.2) is 35.3 Å². The summed E-state index contributed by atoms with van der Waals surface area (Å²) in [6.07, 6.45) is 1.35. The van der Waals surface area contributed by atoms with Crippen molar-refractivity contribution in [1.29, 1.82) is 0 Å². The van der Waals surface area contributed by atoms with Crippen LogP contribution >= 0.6 is 11.6 Å². The Morgan fingerprint density at radius 2 is 2.05 bits per heavy atom. The highest BCUT2D eigenvalue weighted by molar-refractivity contribution is 6.30. The van der Waals surface area contributed by atoms with Crippen molar-refractivity contribution in [3.63, 3.8) is 0 Å². The summed E-state index contributed by atoms with van der Waals surface area (Å²) in [5, 5.41) is 15.0. The highest BCUT2D eigenvalue weighted by Gasteiger charge is 2.22. The molecule has 1 aromatic carbocycles. The average molecular weight is 320 g/mol. The molecule has 8 heteroatoms. The molecule has 0 amide bonds. The van der Waals surface area contributed by atoms with Crippen molar-refractivity contribution in [2.75, 3.05) is 7.11 Å². The maximum Gasteiger partial charge on any atom is 0.347 e. The lowest BCUT2D eigenvalue weighted by Crippen LogP contribution is -2.19. The number of pyridine rings is 1. The van der Waals surface area contributed by atoms with Crippen molar-refractivity contribution < 1.29 is 14.6 Å². The van der Waals surface area contributed by atoms with Gasteiger partial charge >= 0.3 is 5.97 Å². The molecule has 0 aliphatic carbocycles. The van der Waals surface area contributed by atoms with E-state index in [4.69, 9.17) is 11.6 Å². The van der Waals surface area contributed by atoms with E-state index in [0.29, 0.717) is 10.7 Å². The monoisotopic (exact) mass is 319 g/mol. The molecule has 3 rings (SSSR count). The number of aromatic nitrogens is 3. The number of nitrogens with one attached hydrogen (secondary N) is 1. The fraction of sp³-hybridized carbons (Fsp3) is 0.0714. The lowest BCUT2D eigenvalue weighted by Gasteiger charge is -2.05. The standard InChI is InChI=1S/C14H10ClN3O4/c1-22-14(21)10-11(19)9-6-16-18(12(9)17-13(10)20)8-4-2-7(15)3-5-8/h2-6H,1H3,(H2,17,19,20). The smallest absolute Gasteiger partial charge is 0.347 e. The van der Waals surface area contributed by atoms with Gasteiger partial charge in [0, 0.05) is 5.02 Å². The van der Waals surface area contributed by atoms with Gasteiger partial charge < -0.3 is 14.8 Å². The molecule has 0 radical (unpaired) electrons. The van der Waals surface area contributed by atoms with Crippen LogP contribution in [0.3, 0.4) is 0 Å². The van der Waals surface area contributed by atoms with Crippen molar-refractivity contribution in [2.45, 2.75) is 0 Å². The number of methoxy groups -OCH3 is 1. The third-order valence-corrected chi connectivity index (χ3v) is 3.43. The number of hydrogen-bond donors (Lipinski definition) is 2. The van der Waals surface area contributed by atoms with E-state index < -0.39 is 22.8 Å². The first-order chi connectivity index (χ1) is 10.5. The molecule has 0 saturated heterocycles. The van der Waals surface area contributed by atoms with Gasteiger partial charge in [0.2, 0.25) is 0 Å². The van der Waals surface area contributed by atoms with Crippen molar-refractivity contribution in [3.8, 4) is 11.4 Å². The maximum atomic E-state index is 12.0. The van der Waals surface area contributed by atoms with Crippen molar-refractivity contribution >= 4 is 28.6 Å². The molecule has 22 heavy (non-hydrogen) atoms. The van der Waals surface area contributed by atoms with Crippen LogP contribution in [0, 0.1) is 0 Å². The molecule has 0 saturated carbocycles. The fourth-order valence-corrected chi connectivity index (χ4v) is 2.25. The van der Waals surface area contributed by atoms with Crippen LogP contribution in [0.4, 0.5) is 0 Å². The van der Waals surface area contributed by atoms with Crippen molar-refractivity contribution in [3.05, 3.63) is 51.4 Å². The Kier molecular flexibility index (Phi) is 3.34. The molecular formula is C14H10ClN3O4. The van der Waals surface area contributed by atoms with Crippen LogP contribution in [-0.4, -0.2) is 33.0 Å². The van der Waals surface area contributed by atoms with Gasteiger partial charge in [-0.25, -0.2) is 9.48 Å². The number of halogens is 1. The molecule has 112 valence electrons. The summed E-state index contributed by atoms with van der Waals surface area (Å²) >= 11 is 5.83. The van der Waals surface area contributed by atoms with Crippen molar-refractivity contribution in [1.82, 2.24) is 14.8 Å². The number of ether oxygens (including phenoxy) is 1. The van der Waals surface area contributed by atoms with Gasteiger partial charge in [-0.1, -0.05) is 11.6 Å². The van der Waals surface area contributed by atoms with Gasteiger partial charge in [-0.15, -0.1) is 0 Å². The molecule has 0 spiro atoms. The predicted octanol–water partition coefficient (Wildman–Crippen LogP) is 1.86. The number of nitrogens with zero attached hydrogens (tertiary/aromatic N) is 2. The zero-order valence-corrected chi connectivity index (χ0v) is 12.1. The van der Waals surface area contributed by atoms with E-state index >= 15 is 0 Å². The van der Waals surface area contributed by atoms with E-state index in [1.165, 1.54) is 10.9 Å². The molecule has 0 aliphatic rings. The summed E-state index contributed by atoms with van der Waals surface area (Å²) in [6, 6.07) is 6.76. The zero-order valence-electron chi connectivity index (χ0n) is 11.3. The molecule has 0 bridgehead atoms. The van der Waals surface area contributed by atoms with Gasteiger partial charge in [0.25, 0.3) is 5.56 Å². The minimum atomic E-state index is -0.917. The van der Waals surface area contributed by atoms with Gasteiger partial charge in [0.15, 0.2) is 5.56 Å². The molecule has 2 heterocycles. The second kappa shape index (κ2) is 5.19. The molecule has 2 aromatic heterocycles. The van der Waals surface area contributed by atoms with E-state index in [9.17, 15) is 14.7 Å². The highest BCUT2D eigenvalue weighted by atomic mass is 35.5. The zero-order chi connectivity index (χ0) is 15.9. The first-order valence-corrected chi connectivity index (χ1v) is 6.58. The van der Waals surface area contributed by atoms with Crippen LogP contribution in [0.2, 0.25) is 5.02 Å². The molecule has 2 N–H and O–H groups in total. The number of rotatable bonds is 2. The highest BCUT2D eigenvalue weighted by Crippen LogP contribution is 2.26. The number of benzene rings is 1. The van der Waals surface area contributed by atoms with E-state index in [0.717, 1.165) is 7.11 Å². The summed E-state index contributed by atoms with van der Waals surface area (Å²) in [5.74, 6) is -1.38. The lowest BCUT2D eigenvalue weighted by molar-refractivity contribution is 0.0595. The third-order valence-electron chi connectivity index (χ3n) is 3.18. The molecule has 3 aromatic rings. The number of hydrogen-bond acceptors (Lipinski definition) is 5. The van der Waals surface area contributed by atoms with Gasteiger partial charge in [0.1, 0.15) is 11.4 Å². The van der Waals surface area contributed by atoms with Crippen molar-refractivity contribution in [2.24, 2.45) is 0 Å². The van der Waals surface area contributed by atoms with Crippen LogP contribution in [-0.2, 0) is 4.74 Å². The van der Waals surface area contributed by atoms with Crippen LogP contribution in [0.1, 0.15) is 10.4 Å². The molecule has 0 fully saturated rings. The largest absolute Gasteiger partial charge is 0.506 e. The second-order valence-corrected chi connectivity index (χ2v) is 4.90. The average Bonchev–Trinajstić information content (AvgIpc) is 2.91. The fourth-order valence-electron chi connectivity index (χ4n) is 2.12. The predicted molar refractivity (Wildman–Crippen MR) is 79.7 cm³/mol. The third kappa shape index (κ3) is 2.11. The lowest BCUT2D eigenvalue weighted by atomic mass is 10.2. The Morgan fingerprint density at radius 1 is 1.36 bits per heavy atom. The van der Waals surface area contributed by atoms with Gasteiger partial charge in [-0.2, -0.15) is 5.10 Å². The minimum absolute atomic E-state index is 0.231. The Hall–Kier alpha value is -2.80. The Labute approximate surface area is 128 Å². The van der Waals surface area contributed by atoms with Gasteiger partial charge in [-0.05, 0) is 24.3 Å². The number of aromatic hydroxyl groups is 1. The molecular weight excluding hydrogens is 310 g/mol. The SMILES string of the molecule is COC(=O)c1c(O)c2cnn(-c3ccc(Cl)cc3)c2[nH]c1=O. The Balaban J connectivity index is 2.27. The summed E-state index contributed by atoms with van der Waals surface area (Å²) in [4.78, 5) is 26.1. The number of fused-ring (bicyclic) bond motifs is 1. The van der Waals surface area contributed by atoms with E-state index in [1.54, 1.807) is 24.3 Å². The summed E-state index contributed by atoms with van der Waals surface area (Å²) < 4.78 is 5.92. The number of H-pyrrole nitrogens is 1. The van der Waals surface area contributed by atoms with Gasteiger partial charge in [0.05, 0.1) is 24.4 Å². The Bertz CT molecular complexity index is 928. The maximum absolute atomic E-state index is 12.0. The molecule has 0 aliphatic heterocycles. The van der Waals surface area contributed by atoms with Gasteiger partial charge in [-0.3, -0.25) is 4.79 Å². The normalized spacial score (nSPS) is 10.8. The first-order valence-electron chi connectivity index (χ1n) is 6.20. The van der Waals surface area contributed by atoms with Crippen LogP contribution in [0.25, 0.3) is 16.7 Å². The second-order valence-electron chi connectivity index (χ2n) is 4.46. The topological polar surface area (TPSA) is 97.2 Å². The quantitative estimate of drug-likeness (QED) is 0.703. The van der Waals surface area contributed by atoms with Crippen LogP contribution < -0.4 is 5.56 Å². The Morgan fingerprint density at radius 3 is 2.68 bits per heavy atom. The summed E-state index contributed by atoms with van der Waals surface area (Å²) in [5.41, 5.74) is -0.309. The van der Waals surface area contributed by atoms with E-state index in [-0.39, 0.29) is 11.0 Å². The number of esters is 1. The minimum Gasteiger partial charge on any atom is -0.506 e. The number of carbonyl (C=O) groups is 1. The summed E-state index contributed by atoms with van der Waals surface area (Å²) in [7, 11) is 1.13. The molecule has 0 atom stereocenters. The van der Waals surface area contributed by atoms with E-state index in [1.807, 2.05) is 0 Å². The first kappa shape index (κ1) is 14.2. The number of aromatic amines is 1. The van der Waals surface area contributed by atoms with Crippen LogP contribution in [0.5, 0.6) is 5.75 Å². The van der Waals surface area contributed by atoms with E-state index in [2.05, 4.69) is 14.8 Å².